The molecule has 0 saturated carbocycles. The van der Waals surface area contributed by atoms with Crippen LogP contribution in [-0.4, -0.2) is 42.1 Å². The Kier molecular flexibility index (Phi) is 5.38. The summed E-state index contributed by atoms with van der Waals surface area (Å²) >= 11 is 0. The molecule has 1 unspecified atom stereocenters. The van der Waals surface area contributed by atoms with E-state index in [-0.39, 0.29) is 11.2 Å². The molecule has 1 rings (SSSR count). The van der Waals surface area contributed by atoms with Crippen molar-refractivity contribution >= 4 is 16.0 Å². The van der Waals surface area contributed by atoms with Crippen molar-refractivity contribution < 1.29 is 18.3 Å². The molecule has 1 aliphatic heterocycles. The van der Waals surface area contributed by atoms with Gasteiger partial charge in [-0.05, 0) is 37.5 Å². The summed E-state index contributed by atoms with van der Waals surface area (Å²) in [6, 6.07) is -0.867. The second-order valence-corrected chi connectivity index (χ2v) is 8.48. The maximum Gasteiger partial charge on any atom is 0.322 e. The third kappa shape index (κ3) is 5.10. The van der Waals surface area contributed by atoms with E-state index in [0.29, 0.717) is 19.4 Å². The van der Waals surface area contributed by atoms with Gasteiger partial charge in [-0.2, -0.15) is 4.31 Å². The Morgan fingerprint density at radius 2 is 1.95 bits per heavy atom. The van der Waals surface area contributed by atoms with E-state index in [2.05, 4.69) is 20.8 Å². The maximum atomic E-state index is 12.2. The Bertz CT molecular complexity index is 411. The van der Waals surface area contributed by atoms with Gasteiger partial charge in [0, 0.05) is 6.54 Å². The lowest BCUT2D eigenvalue weighted by Gasteiger charge is -2.32. The lowest BCUT2D eigenvalue weighted by molar-refractivity contribution is -0.142. The Labute approximate surface area is 116 Å². The normalized spacial score (nSPS) is 22.4. The molecule has 0 aliphatic carbocycles. The highest BCUT2D eigenvalue weighted by Crippen LogP contribution is 2.24. The Hall–Kier alpha value is -0.620. The van der Waals surface area contributed by atoms with E-state index in [1.807, 2.05) is 0 Å². The van der Waals surface area contributed by atoms with Gasteiger partial charge in [-0.25, -0.2) is 8.42 Å². The van der Waals surface area contributed by atoms with Gasteiger partial charge in [0.15, 0.2) is 0 Å². The first-order valence-corrected chi connectivity index (χ1v) is 8.47. The van der Waals surface area contributed by atoms with Crippen LogP contribution in [0.2, 0.25) is 0 Å². The van der Waals surface area contributed by atoms with Crippen LogP contribution >= 0.6 is 0 Å². The van der Waals surface area contributed by atoms with Crippen molar-refractivity contribution in [1.82, 2.24) is 4.31 Å². The summed E-state index contributed by atoms with van der Waals surface area (Å²) in [6.07, 6.45) is 3.35. The van der Waals surface area contributed by atoms with Gasteiger partial charge in [-0.15, -0.1) is 0 Å². The molecule has 0 aromatic carbocycles. The molecule has 0 aromatic heterocycles. The fraction of sp³-hybridized carbons (Fsp3) is 0.923. The summed E-state index contributed by atoms with van der Waals surface area (Å²) in [5.74, 6) is -0.979. The van der Waals surface area contributed by atoms with Crippen molar-refractivity contribution in [3.63, 3.8) is 0 Å². The number of carboxylic acid groups (broad SMARTS) is 1. The second kappa shape index (κ2) is 6.22. The van der Waals surface area contributed by atoms with Crippen LogP contribution in [0, 0.1) is 5.41 Å². The minimum absolute atomic E-state index is 0.0497. The largest absolute Gasteiger partial charge is 0.480 e. The third-order valence-corrected chi connectivity index (χ3v) is 5.38. The molecule has 0 radical (unpaired) electrons. The van der Waals surface area contributed by atoms with E-state index < -0.39 is 22.0 Å². The SMILES string of the molecule is CC(C)(C)CCCS(=O)(=O)N1CCCCC1C(=O)O. The summed E-state index contributed by atoms with van der Waals surface area (Å²) in [5.41, 5.74) is 0.101. The molecular weight excluding hydrogens is 266 g/mol. The van der Waals surface area contributed by atoms with Crippen LogP contribution in [0.3, 0.4) is 0 Å². The number of aliphatic carboxylic acids is 1. The number of piperidine rings is 1. The number of sulfonamides is 1. The Morgan fingerprint density at radius 3 is 2.47 bits per heavy atom. The molecule has 1 N–H and O–H groups in total. The molecule has 1 saturated heterocycles. The van der Waals surface area contributed by atoms with Crippen molar-refractivity contribution in [3.05, 3.63) is 0 Å². The molecule has 0 bridgehead atoms. The number of nitrogens with zero attached hydrogens (tertiary/aromatic N) is 1. The molecule has 1 aliphatic rings. The average Bonchev–Trinajstić information content (AvgIpc) is 2.27. The predicted molar refractivity (Wildman–Crippen MR) is 74.5 cm³/mol. The highest BCUT2D eigenvalue weighted by Gasteiger charge is 2.36. The van der Waals surface area contributed by atoms with Crippen LogP contribution in [0.25, 0.3) is 0 Å². The van der Waals surface area contributed by atoms with Crippen molar-refractivity contribution in [2.45, 2.75) is 58.9 Å². The van der Waals surface area contributed by atoms with E-state index in [4.69, 9.17) is 5.11 Å². The van der Waals surface area contributed by atoms with Gasteiger partial charge in [0.25, 0.3) is 0 Å². The smallest absolute Gasteiger partial charge is 0.322 e. The molecule has 1 atom stereocenters. The first kappa shape index (κ1) is 16.4. The van der Waals surface area contributed by atoms with Crippen molar-refractivity contribution in [1.29, 1.82) is 0 Å². The number of carbonyl (C=O) groups is 1. The van der Waals surface area contributed by atoms with Crippen LogP contribution in [0.5, 0.6) is 0 Å². The zero-order valence-electron chi connectivity index (χ0n) is 12.1. The summed E-state index contributed by atoms with van der Waals surface area (Å²) in [6.45, 7) is 6.55. The minimum atomic E-state index is -3.45. The van der Waals surface area contributed by atoms with Crippen molar-refractivity contribution in [3.8, 4) is 0 Å². The fourth-order valence-corrected chi connectivity index (χ4v) is 4.12. The van der Waals surface area contributed by atoms with Crippen molar-refractivity contribution in [2.75, 3.05) is 12.3 Å². The lowest BCUT2D eigenvalue weighted by atomic mass is 9.91. The van der Waals surface area contributed by atoms with Gasteiger partial charge in [0.2, 0.25) is 10.0 Å². The summed E-state index contributed by atoms with van der Waals surface area (Å²) in [4.78, 5) is 11.1. The van der Waals surface area contributed by atoms with Gasteiger partial charge in [-0.3, -0.25) is 4.79 Å². The molecule has 5 nitrogen and oxygen atoms in total. The van der Waals surface area contributed by atoms with Gasteiger partial charge in [-0.1, -0.05) is 20.8 Å². The third-order valence-electron chi connectivity index (χ3n) is 3.43. The van der Waals surface area contributed by atoms with Crippen LogP contribution in [-0.2, 0) is 14.8 Å². The monoisotopic (exact) mass is 291 g/mol. The van der Waals surface area contributed by atoms with Crippen LogP contribution < -0.4 is 0 Å². The Balaban J connectivity index is 2.66. The van der Waals surface area contributed by atoms with Crippen molar-refractivity contribution in [2.24, 2.45) is 5.41 Å². The quantitative estimate of drug-likeness (QED) is 0.841. The highest BCUT2D eigenvalue weighted by molar-refractivity contribution is 7.89. The number of carboxylic acids is 1. The lowest BCUT2D eigenvalue weighted by Crippen LogP contribution is -2.48. The topological polar surface area (TPSA) is 74.7 Å². The molecular formula is C13H25NO4S. The zero-order valence-corrected chi connectivity index (χ0v) is 12.9. The number of rotatable bonds is 5. The summed E-state index contributed by atoms with van der Waals surface area (Å²) in [7, 11) is -3.45. The maximum absolute atomic E-state index is 12.2. The summed E-state index contributed by atoms with van der Waals surface area (Å²) < 4.78 is 25.7. The van der Waals surface area contributed by atoms with Gasteiger partial charge in [0.05, 0.1) is 5.75 Å². The van der Waals surface area contributed by atoms with Crippen LogP contribution in [0.1, 0.15) is 52.9 Å². The standard InChI is InChI=1S/C13H25NO4S/c1-13(2,3)8-6-10-19(17,18)14-9-5-4-7-11(14)12(15)16/h11H,4-10H2,1-3H3,(H,15,16). The highest BCUT2D eigenvalue weighted by atomic mass is 32.2. The Morgan fingerprint density at radius 1 is 1.32 bits per heavy atom. The molecule has 0 aromatic rings. The second-order valence-electron chi connectivity index (χ2n) is 6.44. The van der Waals surface area contributed by atoms with E-state index in [1.54, 1.807) is 0 Å². The number of hydrogen-bond acceptors (Lipinski definition) is 3. The van der Waals surface area contributed by atoms with E-state index in [0.717, 1.165) is 19.3 Å². The van der Waals surface area contributed by atoms with Gasteiger partial charge < -0.3 is 5.11 Å². The average molecular weight is 291 g/mol. The van der Waals surface area contributed by atoms with Gasteiger partial charge >= 0.3 is 5.97 Å². The first-order chi connectivity index (χ1) is 8.63. The number of hydrogen-bond donors (Lipinski definition) is 1. The first-order valence-electron chi connectivity index (χ1n) is 6.86. The van der Waals surface area contributed by atoms with Crippen LogP contribution in [0.15, 0.2) is 0 Å². The fourth-order valence-electron chi connectivity index (χ4n) is 2.39. The zero-order chi connectivity index (χ0) is 14.7. The summed E-state index contributed by atoms with van der Waals surface area (Å²) in [5, 5.41) is 9.12. The predicted octanol–water partition coefficient (Wildman–Crippen LogP) is 2.08. The molecule has 0 spiro atoms. The van der Waals surface area contributed by atoms with E-state index >= 15 is 0 Å². The minimum Gasteiger partial charge on any atom is -0.480 e. The molecule has 6 heteroatoms. The van der Waals surface area contributed by atoms with Gasteiger partial charge in [0.1, 0.15) is 6.04 Å². The molecule has 112 valence electrons. The molecule has 19 heavy (non-hydrogen) atoms. The van der Waals surface area contributed by atoms with E-state index in [1.165, 1.54) is 4.31 Å². The molecule has 1 fully saturated rings. The van der Waals surface area contributed by atoms with Crippen LogP contribution in [0.4, 0.5) is 0 Å². The van der Waals surface area contributed by atoms with E-state index in [9.17, 15) is 13.2 Å². The molecule has 1 heterocycles. The molecule has 0 amide bonds.